The lowest BCUT2D eigenvalue weighted by Gasteiger charge is -2.19. The zero-order chi connectivity index (χ0) is 14.3. The molecule has 0 amide bonds. The third-order valence-electron chi connectivity index (χ3n) is 3.47. The number of pyridine rings is 1. The summed E-state index contributed by atoms with van der Waals surface area (Å²) in [6, 6.07) is 8.36. The quantitative estimate of drug-likeness (QED) is 0.651. The second kappa shape index (κ2) is 4.59. The number of nitrogens with zero attached hydrogens (tertiary/aromatic N) is 2. The summed E-state index contributed by atoms with van der Waals surface area (Å²) >= 11 is 0. The van der Waals surface area contributed by atoms with E-state index in [0.717, 1.165) is 29.9 Å². The summed E-state index contributed by atoms with van der Waals surface area (Å²) in [5.41, 5.74) is 8.93. The molecular weight excluding hydrogens is 255 g/mol. The molecule has 0 saturated heterocycles. The summed E-state index contributed by atoms with van der Waals surface area (Å²) in [4.78, 5) is 6.45. The molecule has 0 spiro atoms. The van der Waals surface area contributed by atoms with Crippen LogP contribution in [0, 0.1) is 18.2 Å². The molecule has 1 aliphatic heterocycles. The fourth-order valence-corrected chi connectivity index (χ4v) is 2.54. The smallest absolute Gasteiger partial charge is 0.133 e. The number of benzene rings is 1. The number of anilines is 2. The maximum Gasteiger partial charge on any atom is 0.133 e. The molecule has 1 aromatic heterocycles. The standard InChI is InChI=1S/C15H15FN4/c1-9-6-11(15(17)18)7-14(19-9)20-5-4-10-2-3-12(16)8-13(10)20/h2-3,6-8H,4-5H2,1H3,(H3,17,18). The van der Waals surface area contributed by atoms with Crippen LogP contribution in [0.25, 0.3) is 0 Å². The molecule has 0 atom stereocenters. The van der Waals surface area contributed by atoms with E-state index in [-0.39, 0.29) is 11.7 Å². The number of hydrogen-bond acceptors (Lipinski definition) is 3. The molecule has 0 unspecified atom stereocenters. The summed E-state index contributed by atoms with van der Waals surface area (Å²) in [5.74, 6) is 0.463. The summed E-state index contributed by atoms with van der Waals surface area (Å²) in [5, 5.41) is 7.55. The minimum absolute atomic E-state index is 0.00964. The van der Waals surface area contributed by atoms with Gasteiger partial charge in [0, 0.05) is 23.5 Å². The average molecular weight is 270 g/mol. The third-order valence-corrected chi connectivity index (χ3v) is 3.47. The maximum absolute atomic E-state index is 13.4. The Morgan fingerprint density at radius 1 is 1.35 bits per heavy atom. The van der Waals surface area contributed by atoms with Crippen LogP contribution in [0.3, 0.4) is 0 Å². The van der Waals surface area contributed by atoms with Gasteiger partial charge in [0.1, 0.15) is 17.5 Å². The number of hydrogen-bond donors (Lipinski definition) is 2. The van der Waals surface area contributed by atoms with Crippen molar-refractivity contribution in [3.8, 4) is 0 Å². The third kappa shape index (κ3) is 2.11. The number of aryl methyl sites for hydroxylation is 1. The number of rotatable bonds is 2. The van der Waals surface area contributed by atoms with Crippen molar-refractivity contribution in [3.05, 3.63) is 53.0 Å². The van der Waals surface area contributed by atoms with Gasteiger partial charge in [0.2, 0.25) is 0 Å². The summed E-state index contributed by atoms with van der Waals surface area (Å²) in [6.07, 6.45) is 0.862. The second-order valence-electron chi connectivity index (χ2n) is 4.94. The molecule has 1 aromatic carbocycles. The molecule has 0 aliphatic carbocycles. The molecule has 1 aliphatic rings. The van der Waals surface area contributed by atoms with Crippen LogP contribution in [0.5, 0.6) is 0 Å². The van der Waals surface area contributed by atoms with E-state index < -0.39 is 0 Å². The molecule has 2 heterocycles. The molecule has 20 heavy (non-hydrogen) atoms. The average Bonchev–Trinajstić information content (AvgIpc) is 2.80. The van der Waals surface area contributed by atoms with Gasteiger partial charge >= 0.3 is 0 Å². The van der Waals surface area contributed by atoms with Crippen molar-refractivity contribution >= 4 is 17.3 Å². The highest BCUT2D eigenvalue weighted by atomic mass is 19.1. The molecule has 5 heteroatoms. The molecule has 0 fully saturated rings. The van der Waals surface area contributed by atoms with E-state index in [4.69, 9.17) is 11.1 Å². The Labute approximate surface area is 116 Å². The first-order valence-electron chi connectivity index (χ1n) is 6.43. The van der Waals surface area contributed by atoms with Crippen LogP contribution in [-0.4, -0.2) is 17.4 Å². The Hall–Kier alpha value is -2.43. The van der Waals surface area contributed by atoms with E-state index in [1.165, 1.54) is 12.1 Å². The van der Waals surface area contributed by atoms with Crippen molar-refractivity contribution in [2.45, 2.75) is 13.3 Å². The molecule has 4 nitrogen and oxygen atoms in total. The number of fused-ring (bicyclic) bond motifs is 1. The Morgan fingerprint density at radius 2 is 2.15 bits per heavy atom. The van der Waals surface area contributed by atoms with Gasteiger partial charge in [-0.25, -0.2) is 9.37 Å². The Morgan fingerprint density at radius 3 is 2.90 bits per heavy atom. The topological polar surface area (TPSA) is 66.0 Å². The van der Waals surface area contributed by atoms with Crippen molar-refractivity contribution in [2.75, 3.05) is 11.4 Å². The largest absolute Gasteiger partial charge is 0.384 e. The minimum Gasteiger partial charge on any atom is -0.384 e. The summed E-state index contributed by atoms with van der Waals surface area (Å²) in [6.45, 7) is 2.62. The molecule has 2 aromatic rings. The Kier molecular flexibility index (Phi) is 2.89. The van der Waals surface area contributed by atoms with Crippen molar-refractivity contribution in [3.63, 3.8) is 0 Å². The first kappa shape index (κ1) is 12.6. The predicted octanol–water partition coefficient (Wildman–Crippen LogP) is 2.51. The van der Waals surface area contributed by atoms with Gasteiger partial charge in [-0.2, -0.15) is 0 Å². The number of nitrogens with one attached hydrogen (secondary N) is 1. The van der Waals surface area contributed by atoms with Crippen LogP contribution < -0.4 is 10.6 Å². The Bertz CT molecular complexity index is 696. The number of halogens is 1. The van der Waals surface area contributed by atoms with E-state index in [1.807, 2.05) is 17.9 Å². The zero-order valence-corrected chi connectivity index (χ0v) is 11.2. The molecule has 0 bridgehead atoms. The lowest BCUT2D eigenvalue weighted by molar-refractivity contribution is 0.628. The van der Waals surface area contributed by atoms with Gasteiger partial charge in [0.25, 0.3) is 0 Å². The fraction of sp³-hybridized carbons (Fsp3) is 0.200. The van der Waals surface area contributed by atoms with Crippen LogP contribution >= 0.6 is 0 Å². The number of nitrogen functional groups attached to an aromatic ring is 1. The number of amidine groups is 1. The van der Waals surface area contributed by atoms with Crippen molar-refractivity contribution in [1.29, 1.82) is 5.41 Å². The highest BCUT2D eigenvalue weighted by Gasteiger charge is 2.22. The van der Waals surface area contributed by atoms with Crippen LogP contribution in [-0.2, 0) is 6.42 Å². The van der Waals surface area contributed by atoms with E-state index in [0.29, 0.717) is 11.4 Å². The Balaban J connectivity index is 2.08. The van der Waals surface area contributed by atoms with Crippen LogP contribution in [0.4, 0.5) is 15.9 Å². The van der Waals surface area contributed by atoms with Crippen molar-refractivity contribution in [2.24, 2.45) is 5.73 Å². The van der Waals surface area contributed by atoms with Gasteiger partial charge in [-0.1, -0.05) is 6.07 Å². The normalized spacial score (nSPS) is 13.4. The monoisotopic (exact) mass is 270 g/mol. The van der Waals surface area contributed by atoms with Gasteiger partial charge in [-0.05, 0) is 43.2 Å². The lowest BCUT2D eigenvalue weighted by Crippen LogP contribution is -2.18. The van der Waals surface area contributed by atoms with E-state index in [2.05, 4.69) is 4.98 Å². The van der Waals surface area contributed by atoms with Crippen molar-refractivity contribution in [1.82, 2.24) is 4.98 Å². The molecule has 0 saturated carbocycles. The molecule has 3 rings (SSSR count). The van der Waals surface area contributed by atoms with E-state index >= 15 is 0 Å². The van der Waals surface area contributed by atoms with Gasteiger partial charge < -0.3 is 10.6 Å². The maximum atomic E-state index is 13.4. The first-order chi connectivity index (χ1) is 9.54. The second-order valence-corrected chi connectivity index (χ2v) is 4.94. The zero-order valence-electron chi connectivity index (χ0n) is 11.2. The van der Waals surface area contributed by atoms with Crippen molar-refractivity contribution < 1.29 is 4.39 Å². The number of nitrogens with two attached hydrogens (primary N) is 1. The van der Waals surface area contributed by atoms with Gasteiger partial charge in [0.15, 0.2) is 0 Å². The molecule has 3 N–H and O–H groups in total. The van der Waals surface area contributed by atoms with Crippen LogP contribution in [0.15, 0.2) is 30.3 Å². The van der Waals surface area contributed by atoms with Gasteiger partial charge in [-0.3, -0.25) is 5.41 Å². The lowest BCUT2D eigenvalue weighted by atomic mass is 10.1. The molecule has 102 valence electrons. The highest BCUT2D eigenvalue weighted by Crippen LogP contribution is 2.34. The minimum atomic E-state index is -0.255. The van der Waals surface area contributed by atoms with Crippen LogP contribution in [0.2, 0.25) is 0 Å². The summed E-state index contributed by atoms with van der Waals surface area (Å²) in [7, 11) is 0. The predicted molar refractivity (Wildman–Crippen MR) is 77.1 cm³/mol. The first-order valence-corrected chi connectivity index (χ1v) is 6.43. The summed E-state index contributed by atoms with van der Waals surface area (Å²) < 4.78 is 13.4. The highest BCUT2D eigenvalue weighted by molar-refractivity contribution is 5.96. The fourth-order valence-electron chi connectivity index (χ4n) is 2.54. The molecule has 0 radical (unpaired) electrons. The van der Waals surface area contributed by atoms with E-state index in [9.17, 15) is 4.39 Å². The number of aromatic nitrogens is 1. The van der Waals surface area contributed by atoms with Gasteiger partial charge in [0.05, 0.1) is 0 Å². The van der Waals surface area contributed by atoms with E-state index in [1.54, 1.807) is 12.1 Å². The van der Waals surface area contributed by atoms with Crippen LogP contribution in [0.1, 0.15) is 16.8 Å². The SMILES string of the molecule is Cc1cc(C(=N)N)cc(N2CCc3ccc(F)cc32)n1. The van der Waals surface area contributed by atoms with Gasteiger partial charge in [-0.15, -0.1) is 0 Å². The molecular formula is C15H15FN4.